The number of hydrogen-bond acceptors (Lipinski definition) is 4. The van der Waals surface area contributed by atoms with Gasteiger partial charge in [-0.2, -0.15) is 5.26 Å². The van der Waals surface area contributed by atoms with Gasteiger partial charge in [-0.3, -0.25) is 4.79 Å². The molecule has 0 radical (unpaired) electrons. The lowest BCUT2D eigenvalue weighted by atomic mass is 9.97. The molecule has 1 amide bonds. The highest BCUT2D eigenvalue weighted by atomic mass is 16.3. The van der Waals surface area contributed by atoms with Gasteiger partial charge >= 0.3 is 0 Å². The maximum Gasteiger partial charge on any atom is 0.216 e. The number of hydrogen-bond donors (Lipinski definition) is 3. The monoisotopic (exact) mass is 248 g/mol. The Morgan fingerprint density at radius 1 is 1.50 bits per heavy atom. The molecule has 0 saturated carbocycles. The van der Waals surface area contributed by atoms with E-state index in [4.69, 9.17) is 5.26 Å². The summed E-state index contributed by atoms with van der Waals surface area (Å²) >= 11 is 0. The van der Waals surface area contributed by atoms with Crippen molar-refractivity contribution in [3.8, 4) is 6.07 Å². The molecule has 1 rings (SSSR count). The van der Waals surface area contributed by atoms with Gasteiger partial charge in [-0.15, -0.1) is 0 Å². The van der Waals surface area contributed by atoms with Gasteiger partial charge in [-0.05, 0) is 30.2 Å². The first kappa shape index (κ1) is 14.2. The van der Waals surface area contributed by atoms with Gasteiger partial charge in [0.1, 0.15) is 12.2 Å². The molecule has 0 aromatic heterocycles. The third kappa shape index (κ3) is 3.55. The molecule has 18 heavy (non-hydrogen) atoms. The molecule has 0 fully saturated rings. The van der Waals surface area contributed by atoms with Crippen LogP contribution in [-0.2, 0) is 4.79 Å². The molecule has 0 bridgehead atoms. The second-order valence-electron chi connectivity index (χ2n) is 4.13. The molecule has 3 N–H and O–H groups in total. The standard InChI is InChI=1S/C13H16N2O3/c1-8-3-4-10(6-14)5-11(8)13(18)12(17)7-15-9(2)16/h3-5,12-13,17-18H,7H2,1-2H3,(H,15,16). The van der Waals surface area contributed by atoms with Crippen LogP contribution in [0.1, 0.15) is 29.7 Å². The second kappa shape index (κ2) is 6.15. The zero-order valence-corrected chi connectivity index (χ0v) is 10.3. The van der Waals surface area contributed by atoms with Crippen LogP contribution in [0, 0.1) is 18.3 Å². The van der Waals surface area contributed by atoms with Gasteiger partial charge in [0.15, 0.2) is 0 Å². The maximum atomic E-state index is 10.7. The number of aliphatic hydroxyl groups is 2. The van der Waals surface area contributed by atoms with Gasteiger partial charge in [-0.25, -0.2) is 0 Å². The van der Waals surface area contributed by atoms with Crippen LogP contribution < -0.4 is 5.32 Å². The van der Waals surface area contributed by atoms with Crippen molar-refractivity contribution in [3.05, 3.63) is 34.9 Å². The van der Waals surface area contributed by atoms with Gasteiger partial charge in [0.05, 0.1) is 11.6 Å². The summed E-state index contributed by atoms with van der Waals surface area (Å²) in [7, 11) is 0. The summed E-state index contributed by atoms with van der Waals surface area (Å²) in [4.78, 5) is 10.7. The lowest BCUT2D eigenvalue weighted by Crippen LogP contribution is -2.34. The molecule has 0 saturated heterocycles. The number of aliphatic hydroxyl groups excluding tert-OH is 2. The molecule has 0 spiro atoms. The molecule has 1 aromatic carbocycles. The number of nitrogens with zero attached hydrogens (tertiary/aromatic N) is 1. The van der Waals surface area contributed by atoms with Crippen molar-refractivity contribution in [2.24, 2.45) is 0 Å². The predicted molar refractivity (Wildman–Crippen MR) is 65.5 cm³/mol. The van der Waals surface area contributed by atoms with Gasteiger partial charge < -0.3 is 15.5 Å². The fourth-order valence-electron chi connectivity index (χ4n) is 1.60. The number of aryl methyl sites for hydroxylation is 1. The molecule has 0 aliphatic carbocycles. The summed E-state index contributed by atoms with van der Waals surface area (Å²) in [5, 5.41) is 31.0. The number of amides is 1. The first-order valence-corrected chi connectivity index (χ1v) is 5.57. The number of carbonyl (C=O) groups excluding carboxylic acids is 1. The number of benzene rings is 1. The molecule has 2 unspecified atom stereocenters. The number of nitrogens with one attached hydrogen (secondary N) is 1. The highest BCUT2D eigenvalue weighted by Crippen LogP contribution is 2.21. The first-order valence-electron chi connectivity index (χ1n) is 5.57. The highest BCUT2D eigenvalue weighted by molar-refractivity contribution is 5.72. The van der Waals surface area contributed by atoms with Crippen LogP contribution in [0.25, 0.3) is 0 Å². The Morgan fingerprint density at radius 3 is 2.72 bits per heavy atom. The van der Waals surface area contributed by atoms with E-state index >= 15 is 0 Å². The largest absolute Gasteiger partial charge is 0.388 e. The topological polar surface area (TPSA) is 93.3 Å². The van der Waals surface area contributed by atoms with E-state index in [0.717, 1.165) is 5.56 Å². The van der Waals surface area contributed by atoms with E-state index < -0.39 is 12.2 Å². The molecular weight excluding hydrogens is 232 g/mol. The van der Waals surface area contributed by atoms with Crippen LogP contribution in [0.15, 0.2) is 18.2 Å². The van der Waals surface area contributed by atoms with Crippen molar-refractivity contribution in [1.29, 1.82) is 5.26 Å². The summed E-state index contributed by atoms with van der Waals surface area (Å²) in [5.41, 5.74) is 1.69. The second-order valence-corrected chi connectivity index (χ2v) is 4.13. The normalized spacial score (nSPS) is 13.5. The van der Waals surface area contributed by atoms with E-state index in [0.29, 0.717) is 11.1 Å². The lowest BCUT2D eigenvalue weighted by Gasteiger charge is -2.20. The van der Waals surface area contributed by atoms with Gasteiger partial charge in [0, 0.05) is 13.5 Å². The Hall–Kier alpha value is -1.90. The van der Waals surface area contributed by atoms with E-state index in [1.165, 1.54) is 13.0 Å². The van der Waals surface area contributed by atoms with Crippen LogP contribution in [-0.4, -0.2) is 28.8 Å². The first-order chi connectivity index (χ1) is 8.45. The quantitative estimate of drug-likeness (QED) is 0.719. The van der Waals surface area contributed by atoms with Gasteiger partial charge in [0.2, 0.25) is 5.91 Å². The summed E-state index contributed by atoms with van der Waals surface area (Å²) in [5.74, 6) is -0.274. The summed E-state index contributed by atoms with van der Waals surface area (Å²) in [6.45, 7) is 3.08. The van der Waals surface area contributed by atoms with Crippen LogP contribution >= 0.6 is 0 Å². The average molecular weight is 248 g/mol. The average Bonchev–Trinajstić information content (AvgIpc) is 2.35. The Bertz CT molecular complexity index is 480. The molecule has 0 aliphatic heterocycles. The van der Waals surface area contributed by atoms with Crippen molar-refractivity contribution in [2.75, 3.05) is 6.54 Å². The zero-order valence-electron chi connectivity index (χ0n) is 10.3. The van der Waals surface area contributed by atoms with E-state index in [2.05, 4.69) is 5.32 Å². The molecule has 0 heterocycles. The van der Waals surface area contributed by atoms with Crippen molar-refractivity contribution in [2.45, 2.75) is 26.1 Å². The lowest BCUT2D eigenvalue weighted by molar-refractivity contribution is -0.119. The molecule has 2 atom stereocenters. The minimum atomic E-state index is -1.13. The van der Waals surface area contributed by atoms with Crippen LogP contribution in [0.3, 0.4) is 0 Å². The summed E-state index contributed by atoms with van der Waals surface area (Å²) < 4.78 is 0. The molecule has 5 heteroatoms. The highest BCUT2D eigenvalue weighted by Gasteiger charge is 2.20. The van der Waals surface area contributed by atoms with Crippen molar-refractivity contribution in [1.82, 2.24) is 5.32 Å². The van der Waals surface area contributed by atoms with E-state index in [1.54, 1.807) is 19.1 Å². The molecule has 96 valence electrons. The number of rotatable bonds is 4. The summed E-state index contributed by atoms with van der Waals surface area (Å²) in [6, 6.07) is 6.87. The predicted octanol–water partition coefficient (Wildman–Crippen LogP) is 0.397. The van der Waals surface area contributed by atoms with Gasteiger partial charge in [-0.1, -0.05) is 6.07 Å². The van der Waals surface area contributed by atoms with E-state index in [9.17, 15) is 15.0 Å². The molecule has 0 aliphatic rings. The third-order valence-corrected chi connectivity index (χ3v) is 2.65. The molecular formula is C13H16N2O3. The van der Waals surface area contributed by atoms with E-state index in [1.807, 2.05) is 6.07 Å². The molecule has 1 aromatic rings. The fourth-order valence-corrected chi connectivity index (χ4v) is 1.60. The van der Waals surface area contributed by atoms with Crippen LogP contribution in [0.4, 0.5) is 0 Å². The Balaban J connectivity index is 2.85. The minimum absolute atomic E-state index is 0.0350. The van der Waals surface area contributed by atoms with Crippen molar-refractivity contribution < 1.29 is 15.0 Å². The van der Waals surface area contributed by atoms with Crippen LogP contribution in [0.2, 0.25) is 0 Å². The maximum absolute atomic E-state index is 10.7. The zero-order chi connectivity index (χ0) is 13.7. The van der Waals surface area contributed by atoms with Gasteiger partial charge in [0.25, 0.3) is 0 Å². The number of carbonyl (C=O) groups is 1. The number of nitriles is 1. The Kier molecular flexibility index (Phi) is 4.84. The Morgan fingerprint density at radius 2 is 2.17 bits per heavy atom. The van der Waals surface area contributed by atoms with E-state index in [-0.39, 0.29) is 12.5 Å². The summed E-state index contributed by atoms with van der Waals surface area (Å²) in [6.07, 6.45) is -2.24. The third-order valence-electron chi connectivity index (χ3n) is 2.65. The van der Waals surface area contributed by atoms with Crippen LogP contribution in [0.5, 0.6) is 0 Å². The van der Waals surface area contributed by atoms with Crippen molar-refractivity contribution >= 4 is 5.91 Å². The smallest absolute Gasteiger partial charge is 0.216 e. The Labute approximate surface area is 106 Å². The minimum Gasteiger partial charge on any atom is -0.388 e. The van der Waals surface area contributed by atoms with Crippen molar-refractivity contribution in [3.63, 3.8) is 0 Å². The molecule has 5 nitrogen and oxygen atoms in total. The SMILES string of the molecule is CC(=O)NCC(O)C(O)c1cc(C#N)ccc1C. The fraction of sp³-hybridized carbons (Fsp3) is 0.385.